The topological polar surface area (TPSA) is 67.4 Å². The smallest absolute Gasteiger partial charge is 0.321 e. The first-order valence-electron chi connectivity index (χ1n) is 10.9. The molecule has 1 aromatic heterocycles. The standard InChI is InChI=1S/C25H28N4O2/c30-24(21-9-2-1-3-10-21)26-16-13-22-11-4-5-17-29(22)19-20-8-6-12-23(18-20)31-25-27-14-7-15-28-25/h1-3,6-10,12,14-15,18,22H,4-5,11,13,16-17,19H2,(H,26,30)/t22-/m0/s1. The molecule has 6 nitrogen and oxygen atoms in total. The molecule has 6 heteroatoms. The summed E-state index contributed by atoms with van der Waals surface area (Å²) in [4.78, 5) is 23.1. The summed E-state index contributed by atoms with van der Waals surface area (Å²) in [7, 11) is 0. The number of hydrogen-bond acceptors (Lipinski definition) is 5. The molecule has 0 aliphatic carbocycles. The van der Waals surface area contributed by atoms with Crippen molar-refractivity contribution < 1.29 is 9.53 Å². The molecular weight excluding hydrogens is 388 g/mol. The van der Waals surface area contributed by atoms with Crippen molar-refractivity contribution in [1.82, 2.24) is 20.2 Å². The van der Waals surface area contributed by atoms with Crippen LogP contribution >= 0.6 is 0 Å². The number of hydrogen-bond donors (Lipinski definition) is 1. The van der Waals surface area contributed by atoms with E-state index in [2.05, 4.69) is 32.3 Å². The quantitative estimate of drug-likeness (QED) is 0.588. The first-order chi connectivity index (χ1) is 15.3. The van der Waals surface area contributed by atoms with Gasteiger partial charge in [-0.1, -0.05) is 36.8 Å². The monoisotopic (exact) mass is 416 g/mol. The van der Waals surface area contributed by atoms with Gasteiger partial charge in [0.25, 0.3) is 5.91 Å². The number of piperidine rings is 1. The van der Waals surface area contributed by atoms with E-state index in [4.69, 9.17) is 4.74 Å². The average Bonchev–Trinajstić information content (AvgIpc) is 2.82. The second kappa shape index (κ2) is 10.7. The highest BCUT2D eigenvalue weighted by molar-refractivity contribution is 5.94. The Balaban J connectivity index is 1.32. The van der Waals surface area contributed by atoms with E-state index in [0.717, 1.165) is 31.7 Å². The molecule has 2 aromatic carbocycles. The van der Waals surface area contributed by atoms with Crippen molar-refractivity contribution in [2.45, 2.75) is 38.3 Å². The first kappa shape index (κ1) is 21.0. The van der Waals surface area contributed by atoms with Crippen LogP contribution < -0.4 is 10.1 Å². The summed E-state index contributed by atoms with van der Waals surface area (Å²) in [5.41, 5.74) is 1.91. The number of amides is 1. The van der Waals surface area contributed by atoms with Gasteiger partial charge in [0, 0.05) is 37.1 Å². The van der Waals surface area contributed by atoms with Crippen LogP contribution in [0.2, 0.25) is 0 Å². The normalized spacial score (nSPS) is 16.6. The zero-order valence-electron chi connectivity index (χ0n) is 17.6. The lowest BCUT2D eigenvalue weighted by Gasteiger charge is -2.36. The van der Waals surface area contributed by atoms with E-state index in [1.807, 2.05) is 42.5 Å². The molecule has 1 N–H and O–H groups in total. The van der Waals surface area contributed by atoms with Crippen LogP contribution in [-0.4, -0.2) is 39.9 Å². The predicted octanol–water partition coefficient (Wildman–Crippen LogP) is 4.44. The van der Waals surface area contributed by atoms with E-state index in [1.54, 1.807) is 18.5 Å². The van der Waals surface area contributed by atoms with Gasteiger partial charge in [0.15, 0.2) is 0 Å². The fraction of sp³-hybridized carbons (Fsp3) is 0.320. The van der Waals surface area contributed by atoms with Gasteiger partial charge in [-0.25, -0.2) is 9.97 Å². The molecule has 0 saturated carbocycles. The van der Waals surface area contributed by atoms with Gasteiger partial charge in [0.05, 0.1) is 0 Å². The van der Waals surface area contributed by atoms with Crippen LogP contribution in [0, 0.1) is 0 Å². The Morgan fingerprint density at radius 2 is 1.87 bits per heavy atom. The van der Waals surface area contributed by atoms with Crippen molar-refractivity contribution in [2.24, 2.45) is 0 Å². The van der Waals surface area contributed by atoms with Crippen molar-refractivity contribution >= 4 is 5.91 Å². The molecule has 0 bridgehead atoms. The second-order valence-corrected chi connectivity index (χ2v) is 7.81. The minimum absolute atomic E-state index is 0.00376. The fourth-order valence-corrected chi connectivity index (χ4v) is 4.02. The third-order valence-electron chi connectivity index (χ3n) is 5.58. The van der Waals surface area contributed by atoms with Gasteiger partial charge in [-0.15, -0.1) is 0 Å². The van der Waals surface area contributed by atoms with Crippen LogP contribution in [0.15, 0.2) is 73.1 Å². The van der Waals surface area contributed by atoms with Crippen molar-refractivity contribution in [3.63, 3.8) is 0 Å². The number of carbonyl (C=O) groups excluding carboxylic acids is 1. The van der Waals surface area contributed by atoms with E-state index in [0.29, 0.717) is 24.2 Å². The van der Waals surface area contributed by atoms with Gasteiger partial charge >= 0.3 is 6.01 Å². The lowest BCUT2D eigenvalue weighted by atomic mass is 9.98. The van der Waals surface area contributed by atoms with Crippen LogP contribution in [0.4, 0.5) is 0 Å². The number of carbonyl (C=O) groups is 1. The molecule has 4 rings (SSSR count). The Labute approximate surface area is 183 Å². The van der Waals surface area contributed by atoms with Gasteiger partial charge in [-0.05, 0) is 61.7 Å². The maximum atomic E-state index is 12.3. The number of ether oxygens (including phenoxy) is 1. The Bertz CT molecular complexity index is 966. The molecule has 1 amide bonds. The highest BCUT2D eigenvalue weighted by Crippen LogP contribution is 2.24. The van der Waals surface area contributed by atoms with E-state index in [1.165, 1.54) is 18.4 Å². The third-order valence-corrected chi connectivity index (χ3v) is 5.58. The first-order valence-corrected chi connectivity index (χ1v) is 10.9. The molecule has 1 aliphatic heterocycles. The van der Waals surface area contributed by atoms with Crippen molar-refractivity contribution in [3.05, 3.63) is 84.2 Å². The Morgan fingerprint density at radius 1 is 1.03 bits per heavy atom. The third kappa shape index (κ3) is 6.12. The summed E-state index contributed by atoms with van der Waals surface area (Å²) >= 11 is 0. The largest absolute Gasteiger partial charge is 0.424 e. The average molecular weight is 417 g/mol. The Kier molecular flexibility index (Phi) is 7.24. The van der Waals surface area contributed by atoms with Crippen LogP contribution in [0.1, 0.15) is 41.6 Å². The van der Waals surface area contributed by atoms with Crippen LogP contribution in [0.5, 0.6) is 11.8 Å². The number of rotatable bonds is 8. The molecule has 1 fully saturated rings. The van der Waals surface area contributed by atoms with Crippen LogP contribution in [0.25, 0.3) is 0 Å². The van der Waals surface area contributed by atoms with E-state index < -0.39 is 0 Å². The van der Waals surface area contributed by atoms with Crippen molar-refractivity contribution in [1.29, 1.82) is 0 Å². The van der Waals surface area contributed by atoms with Crippen LogP contribution in [-0.2, 0) is 6.54 Å². The Morgan fingerprint density at radius 3 is 2.71 bits per heavy atom. The highest BCUT2D eigenvalue weighted by atomic mass is 16.5. The van der Waals surface area contributed by atoms with E-state index in [9.17, 15) is 4.79 Å². The second-order valence-electron chi connectivity index (χ2n) is 7.81. The Hall–Kier alpha value is -3.25. The van der Waals surface area contributed by atoms with Crippen LogP contribution in [0.3, 0.4) is 0 Å². The van der Waals surface area contributed by atoms with Gasteiger partial charge in [-0.2, -0.15) is 0 Å². The summed E-state index contributed by atoms with van der Waals surface area (Å²) in [6, 6.07) is 20.1. The maximum Gasteiger partial charge on any atom is 0.321 e. The summed E-state index contributed by atoms with van der Waals surface area (Å²) in [5.74, 6) is 0.739. The predicted molar refractivity (Wildman–Crippen MR) is 120 cm³/mol. The molecule has 1 aliphatic rings. The number of nitrogens with zero attached hydrogens (tertiary/aromatic N) is 3. The van der Waals surface area contributed by atoms with Crippen molar-refractivity contribution in [3.8, 4) is 11.8 Å². The fourth-order valence-electron chi connectivity index (χ4n) is 4.02. The highest BCUT2D eigenvalue weighted by Gasteiger charge is 2.22. The number of likely N-dealkylation sites (tertiary alicyclic amines) is 1. The summed E-state index contributed by atoms with van der Waals surface area (Å²) in [6.45, 7) is 2.62. The molecule has 2 heterocycles. The number of benzene rings is 2. The van der Waals surface area contributed by atoms with Gasteiger partial charge < -0.3 is 10.1 Å². The summed E-state index contributed by atoms with van der Waals surface area (Å²) in [6.07, 6.45) is 7.90. The zero-order valence-corrected chi connectivity index (χ0v) is 17.6. The number of aromatic nitrogens is 2. The van der Waals surface area contributed by atoms with E-state index in [-0.39, 0.29) is 5.91 Å². The van der Waals surface area contributed by atoms with Gasteiger partial charge in [0.2, 0.25) is 0 Å². The maximum absolute atomic E-state index is 12.3. The zero-order chi connectivity index (χ0) is 21.3. The molecule has 160 valence electrons. The summed E-state index contributed by atoms with van der Waals surface area (Å²) < 4.78 is 5.78. The molecular formula is C25H28N4O2. The van der Waals surface area contributed by atoms with E-state index >= 15 is 0 Å². The lowest BCUT2D eigenvalue weighted by molar-refractivity contribution is 0.0937. The molecule has 0 radical (unpaired) electrons. The number of nitrogens with one attached hydrogen (secondary N) is 1. The van der Waals surface area contributed by atoms with Gasteiger partial charge in [-0.3, -0.25) is 9.69 Å². The summed E-state index contributed by atoms with van der Waals surface area (Å²) in [5, 5.41) is 3.07. The van der Waals surface area contributed by atoms with Crippen molar-refractivity contribution in [2.75, 3.05) is 13.1 Å². The molecule has 31 heavy (non-hydrogen) atoms. The molecule has 1 atom stereocenters. The molecule has 3 aromatic rings. The molecule has 0 unspecified atom stereocenters. The van der Waals surface area contributed by atoms with Gasteiger partial charge in [0.1, 0.15) is 5.75 Å². The minimum atomic E-state index is -0.00376. The SMILES string of the molecule is O=C(NCC[C@@H]1CCCCN1Cc1cccc(Oc2ncccn2)c1)c1ccccc1. The molecule has 1 saturated heterocycles. The lowest BCUT2D eigenvalue weighted by Crippen LogP contribution is -2.41. The molecule has 0 spiro atoms. The minimum Gasteiger partial charge on any atom is -0.424 e.